The Hall–Kier alpha value is -1.79. The van der Waals surface area contributed by atoms with Crippen LogP contribution in [0.2, 0.25) is 0 Å². The molecule has 0 aliphatic rings. The molecule has 98 valence electrons. The number of nitrogens with zero attached hydrogens (tertiary/aromatic N) is 2. The van der Waals surface area contributed by atoms with E-state index in [9.17, 15) is 14.4 Å². The van der Waals surface area contributed by atoms with Crippen LogP contribution in [0, 0.1) is 0 Å². The SMILES string of the molecule is COC(=O)CN(C)C(=O)N(C)C(C)(C)C(=O)O. The highest BCUT2D eigenvalue weighted by atomic mass is 16.5. The minimum absolute atomic E-state index is 0.227. The average molecular weight is 246 g/mol. The maximum atomic E-state index is 11.8. The molecule has 0 aromatic rings. The highest BCUT2D eigenvalue weighted by molar-refractivity contribution is 5.87. The molecule has 7 nitrogen and oxygen atoms in total. The van der Waals surface area contributed by atoms with Crippen molar-refractivity contribution in [1.29, 1.82) is 0 Å². The third-order valence-corrected chi connectivity index (χ3v) is 2.57. The van der Waals surface area contributed by atoms with Gasteiger partial charge in [-0.2, -0.15) is 0 Å². The molecule has 0 fully saturated rings. The van der Waals surface area contributed by atoms with Gasteiger partial charge in [0.25, 0.3) is 0 Å². The highest BCUT2D eigenvalue weighted by Crippen LogP contribution is 2.14. The number of urea groups is 1. The van der Waals surface area contributed by atoms with Crippen molar-refractivity contribution in [3.63, 3.8) is 0 Å². The third-order valence-electron chi connectivity index (χ3n) is 2.57. The van der Waals surface area contributed by atoms with Gasteiger partial charge in [-0.25, -0.2) is 9.59 Å². The standard InChI is InChI=1S/C10H18N2O5/c1-10(2,8(14)15)12(4)9(16)11(3)6-7(13)17-5/h6H2,1-5H3,(H,14,15). The summed E-state index contributed by atoms with van der Waals surface area (Å²) in [5.41, 5.74) is -1.35. The molecule has 0 unspecified atom stereocenters. The number of hydrogen-bond donors (Lipinski definition) is 1. The number of esters is 1. The molecule has 0 spiro atoms. The Morgan fingerprint density at radius 1 is 1.24 bits per heavy atom. The van der Waals surface area contributed by atoms with Gasteiger partial charge >= 0.3 is 18.0 Å². The Balaban J connectivity index is 4.71. The summed E-state index contributed by atoms with van der Waals surface area (Å²) in [5, 5.41) is 8.97. The van der Waals surface area contributed by atoms with Crippen molar-refractivity contribution in [2.24, 2.45) is 0 Å². The van der Waals surface area contributed by atoms with E-state index in [1.54, 1.807) is 0 Å². The van der Waals surface area contributed by atoms with Crippen LogP contribution in [0.1, 0.15) is 13.8 Å². The predicted molar refractivity (Wildman–Crippen MR) is 59.5 cm³/mol. The summed E-state index contributed by atoms with van der Waals surface area (Å²) in [7, 11) is 3.98. The normalized spacial score (nSPS) is 10.6. The van der Waals surface area contributed by atoms with Crippen molar-refractivity contribution in [2.45, 2.75) is 19.4 Å². The fourth-order valence-corrected chi connectivity index (χ4v) is 0.964. The first-order valence-corrected chi connectivity index (χ1v) is 4.93. The average Bonchev–Trinajstić information content (AvgIpc) is 2.26. The molecule has 0 aliphatic carbocycles. The molecular formula is C10H18N2O5. The molecular weight excluding hydrogens is 228 g/mol. The molecule has 0 saturated carbocycles. The van der Waals surface area contributed by atoms with Crippen molar-refractivity contribution in [1.82, 2.24) is 9.80 Å². The molecule has 0 aromatic heterocycles. The summed E-state index contributed by atoms with van der Waals surface area (Å²) in [6, 6.07) is -0.567. The van der Waals surface area contributed by atoms with Gasteiger partial charge in [0.05, 0.1) is 7.11 Å². The van der Waals surface area contributed by atoms with Crippen molar-refractivity contribution < 1.29 is 24.2 Å². The van der Waals surface area contributed by atoms with Crippen LogP contribution in [0.25, 0.3) is 0 Å². The first-order valence-electron chi connectivity index (χ1n) is 4.93. The summed E-state index contributed by atoms with van der Waals surface area (Å²) >= 11 is 0. The van der Waals surface area contributed by atoms with Crippen LogP contribution in [-0.4, -0.2) is 66.2 Å². The number of rotatable bonds is 4. The molecule has 0 aromatic carbocycles. The zero-order valence-electron chi connectivity index (χ0n) is 10.7. The Bertz CT molecular complexity index is 327. The molecule has 1 N–H and O–H groups in total. The fraction of sp³-hybridized carbons (Fsp3) is 0.700. The first kappa shape index (κ1) is 15.2. The van der Waals surface area contributed by atoms with Gasteiger partial charge in [0.1, 0.15) is 12.1 Å². The van der Waals surface area contributed by atoms with Crippen LogP contribution in [0.5, 0.6) is 0 Å². The summed E-state index contributed by atoms with van der Waals surface area (Å²) in [6.07, 6.45) is 0. The van der Waals surface area contributed by atoms with Crippen LogP contribution < -0.4 is 0 Å². The van der Waals surface area contributed by atoms with Gasteiger partial charge in [-0.1, -0.05) is 0 Å². The molecule has 0 rings (SSSR count). The van der Waals surface area contributed by atoms with E-state index in [0.29, 0.717) is 0 Å². The number of ether oxygens (including phenoxy) is 1. The quantitative estimate of drug-likeness (QED) is 0.706. The molecule has 0 saturated heterocycles. The number of methoxy groups -OCH3 is 1. The molecule has 17 heavy (non-hydrogen) atoms. The van der Waals surface area contributed by atoms with Crippen molar-refractivity contribution in [3.05, 3.63) is 0 Å². The van der Waals surface area contributed by atoms with Gasteiger partial charge in [-0.05, 0) is 13.8 Å². The summed E-state index contributed by atoms with van der Waals surface area (Å²) in [5.74, 6) is -1.69. The van der Waals surface area contributed by atoms with E-state index in [0.717, 1.165) is 9.80 Å². The lowest BCUT2D eigenvalue weighted by Gasteiger charge is -2.34. The highest BCUT2D eigenvalue weighted by Gasteiger charge is 2.36. The number of carbonyl (C=O) groups is 3. The van der Waals surface area contributed by atoms with Gasteiger partial charge in [-0.3, -0.25) is 4.79 Å². The number of likely N-dealkylation sites (N-methyl/N-ethyl adjacent to an activating group) is 2. The van der Waals surface area contributed by atoms with Crippen molar-refractivity contribution >= 4 is 18.0 Å². The Morgan fingerprint density at radius 3 is 2.06 bits per heavy atom. The Morgan fingerprint density at radius 2 is 1.71 bits per heavy atom. The second kappa shape index (κ2) is 5.51. The van der Waals surface area contributed by atoms with Crippen LogP contribution in [0.3, 0.4) is 0 Å². The third kappa shape index (κ3) is 3.61. The zero-order chi connectivity index (χ0) is 13.8. The van der Waals surface area contributed by atoms with Crippen LogP contribution >= 0.6 is 0 Å². The summed E-state index contributed by atoms with van der Waals surface area (Å²) < 4.78 is 4.42. The lowest BCUT2D eigenvalue weighted by atomic mass is 10.0. The van der Waals surface area contributed by atoms with Gasteiger partial charge in [0.2, 0.25) is 0 Å². The van der Waals surface area contributed by atoms with Crippen LogP contribution in [-0.2, 0) is 14.3 Å². The van der Waals surface area contributed by atoms with Crippen molar-refractivity contribution in [3.8, 4) is 0 Å². The lowest BCUT2D eigenvalue weighted by molar-refractivity contribution is -0.147. The van der Waals surface area contributed by atoms with Gasteiger partial charge in [-0.15, -0.1) is 0 Å². The largest absolute Gasteiger partial charge is 0.480 e. The zero-order valence-corrected chi connectivity index (χ0v) is 10.7. The van der Waals surface area contributed by atoms with E-state index < -0.39 is 23.5 Å². The van der Waals surface area contributed by atoms with Crippen LogP contribution in [0.15, 0.2) is 0 Å². The first-order chi connectivity index (χ1) is 7.64. The Kier molecular flexibility index (Phi) is 4.93. The van der Waals surface area contributed by atoms with E-state index in [1.807, 2.05) is 0 Å². The molecule has 7 heteroatoms. The fourth-order valence-electron chi connectivity index (χ4n) is 0.964. The maximum Gasteiger partial charge on any atom is 0.329 e. The molecule has 0 radical (unpaired) electrons. The number of carboxylic acid groups (broad SMARTS) is 1. The summed E-state index contributed by atoms with van der Waals surface area (Å²) in [6.45, 7) is 2.58. The van der Waals surface area contributed by atoms with Crippen molar-refractivity contribution in [2.75, 3.05) is 27.7 Å². The van der Waals surface area contributed by atoms with Gasteiger partial charge in [0.15, 0.2) is 0 Å². The lowest BCUT2D eigenvalue weighted by Crippen LogP contribution is -2.55. The second-order valence-electron chi connectivity index (χ2n) is 4.14. The molecule has 0 heterocycles. The minimum Gasteiger partial charge on any atom is -0.480 e. The summed E-state index contributed by atoms with van der Waals surface area (Å²) in [4.78, 5) is 35.9. The molecule has 0 aliphatic heterocycles. The Labute approximate surface area is 99.9 Å². The monoisotopic (exact) mass is 246 g/mol. The van der Waals surface area contributed by atoms with E-state index in [-0.39, 0.29) is 6.54 Å². The smallest absolute Gasteiger partial charge is 0.329 e. The number of carbonyl (C=O) groups excluding carboxylic acids is 2. The number of amides is 2. The number of hydrogen-bond acceptors (Lipinski definition) is 4. The van der Waals surface area contributed by atoms with E-state index in [4.69, 9.17) is 5.11 Å². The van der Waals surface area contributed by atoms with Crippen LogP contribution in [0.4, 0.5) is 4.79 Å². The molecule has 0 bridgehead atoms. The van der Waals surface area contributed by atoms with Gasteiger partial charge < -0.3 is 19.6 Å². The van der Waals surface area contributed by atoms with E-state index >= 15 is 0 Å². The topological polar surface area (TPSA) is 87.2 Å². The predicted octanol–water partition coefficient (Wildman–Crippen LogP) is 0.00620. The van der Waals surface area contributed by atoms with E-state index in [2.05, 4.69) is 4.74 Å². The molecule has 2 amide bonds. The second-order valence-corrected chi connectivity index (χ2v) is 4.14. The molecule has 0 atom stereocenters. The van der Waals surface area contributed by atoms with E-state index in [1.165, 1.54) is 35.1 Å². The number of carboxylic acids is 1. The maximum absolute atomic E-state index is 11.8. The van der Waals surface area contributed by atoms with Gasteiger partial charge in [0, 0.05) is 14.1 Å². The minimum atomic E-state index is -1.35. The number of aliphatic carboxylic acids is 1.